The molecule has 1 N–H and O–H groups in total. The van der Waals surface area contributed by atoms with Crippen molar-refractivity contribution in [3.8, 4) is 0 Å². The van der Waals surface area contributed by atoms with Crippen LogP contribution in [-0.2, 0) is 0 Å². The van der Waals surface area contributed by atoms with Crippen LogP contribution in [0.25, 0.3) is 0 Å². The Morgan fingerprint density at radius 3 is 2.84 bits per heavy atom. The van der Waals surface area contributed by atoms with E-state index in [1.165, 1.54) is 29.2 Å². The van der Waals surface area contributed by atoms with E-state index in [1.807, 2.05) is 0 Å². The van der Waals surface area contributed by atoms with Crippen molar-refractivity contribution < 1.29 is 9.18 Å². The molecule has 4 nitrogen and oxygen atoms in total. The predicted octanol–water partition coefficient (Wildman–Crippen LogP) is 3.65. The van der Waals surface area contributed by atoms with E-state index in [1.54, 1.807) is 24.4 Å². The molecule has 2 unspecified atom stereocenters. The number of piperidine rings is 3. The Labute approximate surface area is 154 Å². The second-order valence-electron chi connectivity index (χ2n) is 6.63. The summed E-state index contributed by atoms with van der Waals surface area (Å²) in [4.78, 5) is 19.8. The number of aromatic nitrogens is 1. The zero-order chi connectivity index (χ0) is 17.4. The highest BCUT2D eigenvalue weighted by atomic mass is 32.2. The highest BCUT2D eigenvalue weighted by Crippen LogP contribution is 2.35. The second kappa shape index (κ2) is 7.05. The van der Waals surface area contributed by atoms with Gasteiger partial charge in [0.1, 0.15) is 5.82 Å². The SMILES string of the molecule is CC1C(NC(=O)c2ncc(Sc3ccccc3F)s2)C2CCN1CC2. The number of halogens is 1. The zero-order valence-electron chi connectivity index (χ0n) is 13.9. The molecule has 0 aliphatic carbocycles. The summed E-state index contributed by atoms with van der Waals surface area (Å²) in [5.74, 6) is 0.195. The van der Waals surface area contributed by atoms with Crippen LogP contribution in [0.3, 0.4) is 0 Å². The Hall–Kier alpha value is -1.44. The van der Waals surface area contributed by atoms with E-state index in [2.05, 4.69) is 22.1 Å². The number of benzene rings is 1. The summed E-state index contributed by atoms with van der Waals surface area (Å²) < 4.78 is 14.6. The largest absolute Gasteiger partial charge is 0.345 e. The minimum atomic E-state index is -0.256. The third-order valence-electron chi connectivity index (χ3n) is 5.20. The van der Waals surface area contributed by atoms with Gasteiger partial charge in [0.25, 0.3) is 5.91 Å². The van der Waals surface area contributed by atoms with Gasteiger partial charge in [0.05, 0.1) is 10.4 Å². The van der Waals surface area contributed by atoms with Crippen molar-refractivity contribution in [3.05, 3.63) is 41.3 Å². The normalized spacial score (nSPS) is 28.1. The minimum Gasteiger partial charge on any atom is -0.345 e. The van der Waals surface area contributed by atoms with E-state index in [0.29, 0.717) is 21.9 Å². The Morgan fingerprint density at radius 2 is 2.12 bits per heavy atom. The van der Waals surface area contributed by atoms with Gasteiger partial charge in [-0.1, -0.05) is 23.9 Å². The summed E-state index contributed by atoms with van der Waals surface area (Å²) >= 11 is 2.62. The van der Waals surface area contributed by atoms with Crippen molar-refractivity contribution in [1.82, 2.24) is 15.2 Å². The molecule has 3 fully saturated rings. The predicted molar refractivity (Wildman–Crippen MR) is 97.7 cm³/mol. The second-order valence-corrected chi connectivity index (χ2v) is 9.00. The first-order valence-electron chi connectivity index (χ1n) is 8.55. The molecular weight excluding hydrogens is 357 g/mol. The van der Waals surface area contributed by atoms with Crippen LogP contribution in [0.4, 0.5) is 4.39 Å². The van der Waals surface area contributed by atoms with E-state index in [9.17, 15) is 9.18 Å². The van der Waals surface area contributed by atoms with E-state index < -0.39 is 0 Å². The fourth-order valence-electron chi connectivity index (χ4n) is 3.81. The van der Waals surface area contributed by atoms with Gasteiger partial charge in [-0.05, 0) is 50.9 Å². The standard InChI is InChI=1S/C18H20FN3OS2/c1-11-16(12-6-8-22(11)9-7-12)21-17(23)18-20-10-15(25-18)24-14-5-3-2-4-13(14)19/h2-5,10-12,16H,6-9H2,1H3,(H,21,23). The molecule has 25 heavy (non-hydrogen) atoms. The lowest BCUT2D eigenvalue weighted by Gasteiger charge is -2.49. The smallest absolute Gasteiger partial charge is 0.280 e. The molecule has 4 heterocycles. The molecule has 3 saturated heterocycles. The van der Waals surface area contributed by atoms with E-state index in [0.717, 1.165) is 30.1 Å². The number of hydrogen-bond acceptors (Lipinski definition) is 5. The molecule has 3 aliphatic heterocycles. The number of amides is 1. The fourth-order valence-corrected chi connectivity index (χ4v) is 5.67. The molecule has 2 aromatic rings. The monoisotopic (exact) mass is 377 g/mol. The molecule has 0 radical (unpaired) electrons. The first-order valence-corrected chi connectivity index (χ1v) is 10.2. The number of fused-ring (bicyclic) bond motifs is 3. The minimum absolute atomic E-state index is 0.115. The number of nitrogens with zero attached hydrogens (tertiary/aromatic N) is 2. The van der Waals surface area contributed by atoms with Crippen molar-refractivity contribution >= 4 is 29.0 Å². The molecule has 2 bridgehead atoms. The number of thiazole rings is 1. The van der Waals surface area contributed by atoms with Gasteiger partial charge in [0.2, 0.25) is 0 Å². The quantitative estimate of drug-likeness (QED) is 0.883. The number of rotatable bonds is 4. The summed E-state index contributed by atoms with van der Waals surface area (Å²) in [6.07, 6.45) is 3.96. The van der Waals surface area contributed by atoms with Crippen LogP contribution < -0.4 is 5.32 Å². The molecule has 0 saturated carbocycles. The number of nitrogens with one attached hydrogen (secondary N) is 1. The van der Waals surface area contributed by atoms with Crippen LogP contribution in [0.5, 0.6) is 0 Å². The van der Waals surface area contributed by atoms with Crippen LogP contribution in [0.2, 0.25) is 0 Å². The maximum Gasteiger partial charge on any atom is 0.280 e. The zero-order valence-corrected chi connectivity index (χ0v) is 15.6. The number of carbonyl (C=O) groups excluding carboxylic acids is 1. The average Bonchev–Trinajstić information content (AvgIpc) is 3.09. The van der Waals surface area contributed by atoms with Crippen molar-refractivity contribution in [2.24, 2.45) is 5.92 Å². The summed E-state index contributed by atoms with van der Waals surface area (Å²) in [6.45, 7) is 4.47. The Morgan fingerprint density at radius 1 is 1.36 bits per heavy atom. The number of carbonyl (C=O) groups is 1. The van der Waals surface area contributed by atoms with Gasteiger partial charge in [-0.15, -0.1) is 11.3 Å². The van der Waals surface area contributed by atoms with E-state index in [-0.39, 0.29) is 17.8 Å². The van der Waals surface area contributed by atoms with E-state index >= 15 is 0 Å². The van der Waals surface area contributed by atoms with Gasteiger partial charge in [-0.2, -0.15) is 0 Å². The highest BCUT2D eigenvalue weighted by molar-refractivity contribution is 8.01. The summed E-state index contributed by atoms with van der Waals surface area (Å²) in [5.41, 5.74) is 0. The molecule has 3 aliphatic rings. The molecule has 5 rings (SSSR count). The lowest BCUT2D eigenvalue weighted by molar-refractivity contribution is 0.0217. The average molecular weight is 378 g/mol. The van der Waals surface area contributed by atoms with Gasteiger partial charge >= 0.3 is 0 Å². The lowest BCUT2D eigenvalue weighted by Crippen LogP contribution is -2.62. The Bertz CT molecular complexity index is 771. The highest BCUT2D eigenvalue weighted by Gasteiger charge is 2.40. The maximum absolute atomic E-state index is 13.8. The summed E-state index contributed by atoms with van der Waals surface area (Å²) in [6, 6.07) is 7.21. The first kappa shape index (κ1) is 17.0. The van der Waals surface area contributed by atoms with Gasteiger partial charge < -0.3 is 5.32 Å². The Kier molecular flexibility index (Phi) is 4.80. The van der Waals surface area contributed by atoms with Gasteiger partial charge in [0.15, 0.2) is 5.01 Å². The van der Waals surface area contributed by atoms with Crippen molar-refractivity contribution in [3.63, 3.8) is 0 Å². The van der Waals surface area contributed by atoms with Crippen molar-refractivity contribution in [2.45, 2.75) is 41.0 Å². The molecule has 0 spiro atoms. The summed E-state index contributed by atoms with van der Waals surface area (Å²) in [7, 11) is 0. The summed E-state index contributed by atoms with van der Waals surface area (Å²) in [5, 5.41) is 3.64. The van der Waals surface area contributed by atoms with Crippen LogP contribution in [0.1, 0.15) is 29.6 Å². The third-order valence-corrected chi connectivity index (χ3v) is 7.35. The molecule has 1 aromatic heterocycles. The third kappa shape index (κ3) is 3.45. The molecule has 7 heteroatoms. The van der Waals surface area contributed by atoms with E-state index in [4.69, 9.17) is 0 Å². The maximum atomic E-state index is 13.8. The van der Waals surface area contributed by atoms with Gasteiger partial charge in [-0.25, -0.2) is 9.37 Å². The van der Waals surface area contributed by atoms with Gasteiger partial charge in [-0.3, -0.25) is 9.69 Å². The Balaban J connectivity index is 1.43. The molecule has 1 amide bonds. The topological polar surface area (TPSA) is 45.2 Å². The van der Waals surface area contributed by atoms with Crippen LogP contribution in [0, 0.1) is 11.7 Å². The van der Waals surface area contributed by atoms with Gasteiger partial charge in [0, 0.05) is 17.0 Å². The van der Waals surface area contributed by atoms with Crippen LogP contribution in [-0.4, -0.2) is 41.0 Å². The number of hydrogen-bond donors (Lipinski definition) is 1. The van der Waals surface area contributed by atoms with Crippen molar-refractivity contribution in [2.75, 3.05) is 13.1 Å². The molecule has 132 valence electrons. The molecule has 1 aromatic carbocycles. The van der Waals surface area contributed by atoms with Crippen LogP contribution >= 0.6 is 23.1 Å². The molecule has 2 atom stereocenters. The first-order chi connectivity index (χ1) is 12.1. The van der Waals surface area contributed by atoms with Crippen LogP contribution in [0.15, 0.2) is 39.6 Å². The fraction of sp³-hybridized carbons (Fsp3) is 0.444. The molecular formula is C18H20FN3OS2. The lowest BCUT2D eigenvalue weighted by atomic mass is 9.79. The van der Waals surface area contributed by atoms with Crippen molar-refractivity contribution in [1.29, 1.82) is 0 Å².